The Labute approximate surface area is 150 Å². The summed E-state index contributed by atoms with van der Waals surface area (Å²) in [7, 11) is 0. The third-order valence-electron chi connectivity index (χ3n) is 4.83. The van der Waals surface area contributed by atoms with Gasteiger partial charge in [-0.15, -0.1) is 0 Å². The van der Waals surface area contributed by atoms with E-state index in [2.05, 4.69) is 53.0 Å². The lowest BCUT2D eigenvalue weighted by Gasteiger charge is -2.36. The number of carbonyl (C=O) groups excluding carboxylic acids is 1. The Morgan fingerprint density at radius 1 is 1.00 bits per heavy atom. The van der Waals surface area contributed by atoms with Gasteiger partial charge in [0.1, 0.15) is 6.54 Å². The van der Waals surface area contributed by atoms with Crippen LogP contribution in [-0.4, -0.2) is 37.0 Å². The molecule has 4 heteroatoms. The van der Waals surface area contributed by atoms with Gasteiger partial charge in [0, 0.05) is 56.8 Å². The molecule has 25 heavy (non-hydrogen) atoms. The van der Waals surface area contributed by atoms with Gasteiger partial charge >= 0.3 is 0 Å². The number of pyridine rings is 1. The number of hydrogen-bond donors (Lipinski definition) is 0. The molecule has 1 aliphatic rings. The first-order valence-electron chi connectivity index (χ1n) is 9.26. The number of carbonyl (C=O) groups is 1. The van der Waals surface area contributed by atoms with Gasteiger partial charge in [-0.1, -0.05) is 18.2 Å². The summed E-state index contributed by atoms with van der Waals surface area (Å²) in [4.78, 5) is 16.8. The zero-order valence-electron chi connectivity index (χ0n) is 15.1. The lowest BCUT2D eigenvalue weighted by molar-refractivity contribution is -0.697. The largest absolute Gasteiger partial charge is 0.368 e. The fourth-order valence-electron chi connectivity index (χ4n) is 3.35. The van der Waals surface area contributed by atoms with E-state index >= 15 is 0 Å². The molecule has 132 valence electrons. The van der Waals surface area contributed by atoms with Gasteiger partial charge in [0.05, 0.1) is 0 Å². The minimum Gasteiger partial charge on any atom is -0.368 e. The molecule has 1 saturated heterocycles. The third kappa shape index (κ3) is 5.05. The quantitative estimate of drug-likeness (QED) is 0.598. The molecule has 2 aromatic rings. The zero-order valence-corrected chi connectivity index (χ0v) is 15.1. The number of aryl methyl sites for hydroxylation is 2. The highest BCUT2D eigenvalue weighted by Crippen LogP contribution is 2.18. The molecule has 1 aromatic heterocycles. The Morgan fingerprint density at radius 2 is 1.76 bits per heavy atom. The average Bonchev–Trinajstić information content (AvgIpc) is 2.66. The SMILES string of the molecule is Cc1cccc(N2CCN(C(=O)CCCC[n+]3ccccc3)CC2)c1. The summed E-state index contributed by atoms with van der Waals surface area (Å²) in [5.41, 5.74) is 2.55. The minimum atomic E-state index is 0.307. The van der Waals surface area contributed by atoms with Crippen LogP contribution >= 0.6 is 0 Å². The minimum absolute atomic E-state index is 0.307. The molecule has 0 aliphatic carbocycles. The topological polar surface area (TPSA) is 27.4 Å². The normalized spacial score (nSPS) is 14.6. The number of rotatable bonds is 6. The number of aromatic nitrogens is 1. The summed E-state index contributed by atoms with van der Waals surface area (Å²) in [5, 5.41) is 0. The van der Waals surface area contributed by atoms with Crippen LogP contribution in [-0.2, 0) is 11.3 Å². The van der Waals surface area contributed by atoms with E-state index < -0.39 is 0 Å². The van der Waals surface area contributed by atoms with E-state index in [1.807, 2.05) is 23.1 Å². The van der Waals surface area contributed by atoms with E-state index in [-0.39, 0.29) is 0 Å². The first-order valence-corrected chi connectivity index (χ1v) is 9.26. The smallest absolute Gasteiger partial charge is 0.222 e. The number of amides is 1. The standard InChI is InChI=1S/C21H28N3O/c1-19-8-7-9-20(18-19)23-14-16-24(17-15-23)21(25)10-3-6-13-22-11-4-2-5-12-22/h2,4-5,7-9,11-12,18H,3,6,10,13-17H2,1H3/q+1. The van der Waals surface area contributed by atoms with E-state index in [1.54, 1.807) is 0 Å². The maximum atomic E-state index is 12.4. The molecule has 2 heterocycles. The number of unbranched alkanes of at least 4 members (excludes halogenated alkanes) is 1. The lowest BCUT2D eigenvalue weighted by atomic mass is 10.1. The van der Waals surface area contributed by atoms with Gasteiger partial charge in [-0.25, -0.2) is 4.57 Å². The van der Waals surface area contributed by atoms with Crippen LogP contribution in [0, 0.1) is 6.92 Å². The van der Waals surface area contributed by atoms with Crippen molar-refractivity contribution in [2.75, 3.05) is 31.1 Å². The summed E-state index contributed by atoms with van der Waals surface area (Å²) >= 11 is 0. The highest BCUT2D eigenvalue weighted by Gasteiger charge is 2.21. The van der Waals surface area contributed by atoms with Crippen molar-refractivity contribution in [2.24, 2.45) is 0 Å². The molecule has 0 saturated carbocycles. The van der Waals surface area contributed by atoms with Gasteiger partial charge in [-0.2, -0.15) is 0 Å². The first kappa shape index (κ1) is 17.5. The molecule has 4 nitrogen and oxygen atoms in total. The fourth-order valence-corrected chi connectivity index (χ4v) is 3.35. The van der Waals surface area contributed by atoms with E-state index in [9.17, 15) is 4.79 Å². The highest BCUT2D eigenvalue weighted by molar-refractivity contribution is 5.76. The number of piperazine rings is 1. The van der Waals surface area contributed by atoms with Crippen molar-refractivity contribution in [1.82, 2.24) is 4.90 Å². The average molecular weight is 338 g/mol. The zero-order chi connectivity index (χ0) is 17.5. The van der Waals surface area contributed by atoms with Gasteiger partial charge in [0.15, 0.2) is 12.4 Å². The molecule has 0 atom stereocenters. The first-order chi connectivity index (χ1) is 12.2. The number of anilines is 1. The summed E-state index contributed by atoms with van der Waals surface area (Å²) in [5.74, 6) is 0.307. The van der Waals surface area contributed by atoms with Crippen molar-refractivity contribution in [3.63, 3.8) is 0 Å². The van der Waals surface area contributed by atoms with Crippen LogP contribution < -0.4 is 9.47 Å². The molecule has 0 N–H and O–H groups in total. The van der Waals surface area contributed by atoms with Crippen LogP contribution in [0.3, 0.4) is 0 Å². The molecule has 1 aliphatic heterocycles. The second-order valence-corrected chi connectivity index (χ2v) is 6.78. The van der Waals surface area contributed by atoms with Crippen LogP contribution in [0.5, 0.6) is 0 Å². The fraction of sp³-hybridized carbons (Fsp3) is 0.429. The summed E-state index contributed by atoms with van der Waals surface area (Å²) in [6.45, 7) is 6.62. The number of hydrogen-bond acceptors (Lipinski definition) is 2. The predicted octanol–water partition coefficient (Wildman–Crippen LogP) is 2.80. The molecule has 0 spiro atoms. The second kappa shape index (κ2) is 8.65. The van der Waals surface area contributed by atoms with Crippen molar-refractivity contribution < 1.29 is 9.36 Å². The third-order valence-corrected chi connectivity index (χ3v) is 4.83. The lowest BCUT2D eigenvalue weighted by Crippen LogP contribution is -2.48. The Balaban J connectivity index is 1.38. The molecule has 1 amide bonds. The van der Waals surface area contributed by atoms with Crippen LogP contribution in [0.15, 0.2) is 54.9 Å². The number of benzene rings is 1. The van der Waals surface area contributed by atoms with E-state index in [1.165, 1.54) is 11.3 Å². The van der Waals surface area contributed by atoms with Crippen molar-refractivity contribution in [3.8, 4) is 0 Å². The summed E-state index contributed by atoms with van der Waals surface area (Å²) in [6, 6.07) is 14.7. The van der Waals surface area contributed by atoms with E-state index in [0.29, 0.717) is 12.3 Å². The van der Waals surface area contributed by atoms with Crippen molar-refractivity contribution in [2.45, 2.75) is 32.7 Å². The Morgan fingerprint density at radius 3 is 2.48 bits per heavy atom. The van der Waals surface area contributed by atoms with Crippen molar-refractivity contribution in [3.05, 3.63) is 60.4 Å². The van der Waals surface area contributed by atoms with E-state index in [0.717, 1.165) is 45.6 Å². The Kier molecular flexibility index (Phi) is 6.04. The van der Waals surface area contributed by atoms with Gasteiger partial charge in [-0.05, 0) is 31.0 Å². The molecule has 0 unspecified atom stereocenters. The molecule has 1 fully saturated rings. The van der Waals surface area contributed by atoms with Crippen molar-refractivity contribution in [1.29, 1.82) is 0 Å². The van der Waals surface area contributed by atoms with Crippen molar-refractivity contribution >= 4 is 11.6 Å². The van der Waals surface area contributed by atoms with Gasteiger partial charge < -0.3 is 9.80 Å². The van der Waals surface area contributed by atoms with Crippen LogP contribution in [0.25, 0.3) is 0 Å². The maximum Gasteiger partial charge on any atom is 0.222 e. The monoisotopic (exact) mass is 338 g/mol. The number of nitrogens with zero attached hydrogens (tertiary/aromatic N) is 3. The molecule has 0 radical (unpaired) electrons. The molecular weight excluding hydrogens is 310 g/mol. The predicted molar refractivity (Wildman–Crippen MR) is 100 cm³/mol. The molecule has 0 bridgehead atoms. The van der Waals surface area contributed by atoms with Crippen LogP contribution in [0.1, 0.15) is 24.8 Å². The summed E-state index contributed by atoms with van der Waals surface area (Å²) < 4.78 is 2.17. The van der Waals surface area contributed by atoms with Gasteiger partial charge in [-0.3, -0.25) is 4.79 Å². The molecule has 3 rings (SSSR count). The summed E-state index contributed by atoms with van der Waals surface area (Å²) in [6.07, 6.45) is 6.82. The van der Waals surface area contributed by atoms with Crippen LogP contribution in [0.4, 0.5) is 5.69 Å². The Hall–Kier alpha value is -2.36. The molecular formula is C21H28N3O+. The second-order valence-electron chi connectivity index (χ2n) is 6.78. The van der Waals surface area contributed by atoms with Crippen LogP contribution in [0.2, 0.25) is 0 Å². The van der Waals surface area contributed by atoms with Gasteiger partial charge in [0.2, 0.25) is 5.91 Å². The highest BCUT2D eigenvalue weighted by atomic mass is 16.2. The Bertz CT molecular complexity index is 679. The van der Waals surface area contributed by atoms with E-state index in [4.69, 9.17) is 0 Å². The van der Waals surface area contributed by atoms with Gasteiger partial charge in [0.25, 0.3) is 0 Å². The maximum absolute atomic E-state index is 12.4. The molecule has 1 aromatic carbocycles.